The molecule has 1 aromatic rings. The molecule has 2 unspecified atom stereocenters. The van der Waals surface area contributed by atoms with Crippen LogP contribution >= 0.6 is 0 Å². The molecule has 1 N–H and O–H groups in total. The summed E-state index contributed by atoms with van der Waals surface area (Å²) in [7, 11) is -3.21. The van der Waals surface area contributed by atoms with Gasteiger partial charge < -0.3 is 5.11 Å². The van der Waals surface area contributed by atoms with Crippen molar-refractivity contribution in [1.29, 1.82) is 0 Å². The fraction of sp³-hybridized carbons (Fsp3) is 0.765. The fourth-order valence-electron chi connectivity index (χ4n) is 9.91. The third-order valence-corrected chi connectivity index (χ3v) is 14.1. The molecule has 1 aromatic carbocycles. The highest BCUT2D eigenvalue weighted by molar-refractivity contribution is 7.91. The Labute approximate surface area is 232 Å². The highest BCUT2D eigenvalue weighted by Gasteiger charge is 2.59. The zero-order valence-corrected chi connectivity index (χ0v) is 25.4. The normalized spacial score (nSPS) is 38.5. The molecule has 9 atom stereocenters. The molecule has 0 amide bonds. The number of benzene rings is 1. The molecule has 4 aliphatic rings. The molecular formula is C34H52O3S. The van der Waals surface area contributed by atoms with Crippen LogP contribution < -0.4 is 0 Å². The molecule has 5 rings (SSSR count). The fourth-order valence-corrected chi connectivity index (χ4v) is 11.6. The van der Waals surface area contributed by atoms with E-state index in [4.69, 9.17) is 0 Å². The Morgan fingerprint density at radius 2 is 1.71 bits per heavy atom. The minimum Gasteiger partial charge on any atom is -0.393 e. The summed E-state index contributed by atoms with van der Waals surface area (Å²) in [4.78, 5) is 0.465. The lowest BCUT2D eigenvalue weighted by Gasteiger charge is -2.58. The molecule has 0 aliphatic heterocycles. The number of aliphatic hydroxyl groups excluding tert-OH is 1. The van der Waals surface area contributed by atoms with E-state index in [1.807, 2.05) is 19.1 Å². The molecule has 212 valence electrons. The molecule has 3 nitrogen and oxygen atoms in total. The first-order valence-electron chi connectivity index (χ1n) is 15.6. The molecule has 0 aromatic heterocycles. The summed E-state index contributed by atoms with van der Waals surface area (Å²) >= 11 is 0. The first kappa shape index (κ1) is 28.4. The average molecular weight is 541 g/mol. The number of aliphatic hydroxyl groups is 1. The molecule has 0 heterocycles. The number of aryl methyl sites for hydroxylation is 1. The van der Waals surface area contributed by atoms with Crippen molar-refractivity contribution >= 4 is 9.84 Å². The Morgan fingerprint density at radius 3 is 2.45 bits per heavy atom. The molecule has 4 heteroatoms. The zero-order chi connectivity index (χ0) is 27.3. The molecule has 38 heavy (non-hydrogen) atoms. The predicted molar refractivity (Wildman–Crippen MR) is 157 cm³/mol. The van der Waals surface area contributed by atoms with Crippen LogP contribution in [-0.2, 0) is 9.84 Å². The molecule has 0 spiro atoms. The van der Waals surface area contributed by atoms with Crippen LogP contribution in [0.15, 0.2) is 40.8 Å². The summed E-state index contributed by atoms with van der Waals surface area (Å²) in [5, 5.41) is 10.3. The quantitative estimate of drug-likeness (QED) is 0.339. The van der Waals surface area contributed by atoms with Gasteiger partial charge in [0.2, 0.25) is 0 Å². The van der Waals surface area contributed by atoms with Crippen LogP contribution in [0.3, 0.4) is 0 Å². The second-order valence-electron chi connectivity index (χ2n) is 14.5. The number of rotatable bonds is 8. The molecule has 0 bridgehead atoms. The van der Waals surface area contributed by atoms with Gasteiger partial charge in [0.1, 0.15) is 0 Å². The smallest absolute Gasteiger partial charge is 0.178 e. The monoisotopic (exact) mass is 540 g/mol. The van der Waals surface area contributed by atoms with E-state index in [0.29, 0.717) is 21.6 Å². The number of hydrogen-bond donors (Lipinski definition) is 1. The van der Waals surface area contributed by atoms with Crippen molar-refractivity contribution in [2.45, 2.75) is 116 Å². The van der Waals surface area contributed by atoms with E-state index in [1.54, 1.807) is 17.7 Å². The van der Waals surface area contributed by atoms with Crippen molar-refractivity contribution in [2.75, 3.05) is 5.75 Å². The van der Waals surface area contributed by atoms with Crippen molar-refractivity contribution in [3.8, 4) is 0 Å². The first-order valence-corrected chi connectivity index (χ1v) is 17.3. The van der Waals surface area contributed by atoms with Gasteiger partial charge in [-0.1, -0.05) is 69.9 Å². The highest BCUT2D eigenvalue weighted by atomic mass is 32.2. The summed E-state index contributed by atoms with van der Waals surface area (Å²) in [6, 6.07) is 7.30. The number of fused-ring (bicyclic) bond motifs is 5. The van der Waals surface area contributed by atoms with Crippen molar-refractivity contribution in [2.24, 2.45) is 46.3 Å². The summed E-state index contributed by atoms with van der Waals surface area (Å²) < 4.78 is 25.8. The van der Waals surface area contributed by atoms with Gasteiger partial charge in [-0.2, -0.15) is 0 Å². The third-order valence-electron chi connectivity index (χ3n) is 12.1. The molecular weight excluding hydrogens is 488 g/mol. The van der Waals surface area contributed by atoms with Crippen LogP contribution in [0.4, 0.5) is 0 Å². The minimum atomic E-state index is -3.21. The van der Waals surface area contributed by atoms with Crippen molar-refractivity contribution in [3.05, 3.63) is 41.5 Å². The standard InChI is InChI=1S/C34H52O3S/c1-23-9-12-28(13-10-23)38(36,37)22-24(2)7-6-8-25(3)30-15-16-31-29-14-11-26-21-27(35)17-19-33(26,4)32(29)18-20-34(30,31)5/h9-13,24-25,27,29-32,35H,6-8,14-22H2,1-5H3/t24?,25-,27?,29+,30-,31+,32+,33+,34-/m1/s1. The van der Waals surface area contributed by atoms with Crippen molar-refractivity contribution in [3.63, 3.8) is 0 Å². The van der Waals surface area contributed by atoms with Gasteiger partial charge in [-0.3, -0.25) is 0 Å². The van der Waals surface area contributed by atoms with Crippen molar-refractivity contribution < 1.29 is 13.5 Å². The highest BCUT2D eigenvalue weighted by Crippen LogP contribution is 2.67. The first-order chi connectivity index (χ1) is 17.9. The number of hydrogen-bond acceptors (Lipinski definition) is 3. The van der Waals surface area contributed by atoms with Gasteiger partial charge >= 0.3 is 0 Å². The summed E-state index contributed by atoms with van der Waals surface area (Å²) in [5.74, 6) is 4.41. The van der Waals surface area contributed by atoms with Gasteiger partial charge in [0.05, 0.1) is 16.8 Å². The van der Waals surface area contributed by atoms with E-state index < -0.39 is 9.84 Å². The van der Waals surface area contributed by atoms with E-state index in [9.17, 15) is 13.5 Å². The van der Waals surface area contributed by atoms with Crippen LogP contribution in [0.25, 0.3) is 0 Å². The van der Waals surface area contributed by atoms with E-state index in [1.165, 1.54) is 44.9 Å². The predicted octanol–water partition coefficient (Wildman–Crippen LogP) is 8.15. The maximum absolute atomic E-state index is 12.9. The molecule has 3 saturated carbocycles. The van der Waals surface area contributed by atoms with E-state index >= 15 is 0 Å². The van der Waals surface area contributed by atoms with Gasteiger partial charge in [0, 0.05) is 0 Å². The van der Waals surface area contributed by atoms with Gasteiger partial charge in [0.15, 0.2) is 9.84 Å². The molecule has 3 fully saturated rings. The van der Waals surface area contributed by atoms with E-state index in [2.05, 4.69) is 33.8 Å². The molecule has 0 saturated heterocycles. The zero-order valence-electron chi connectivity index (χ0n) is 24.6. The van der Waals surface area contributed by atoms with Gasteiger partial charge in [-0.05, 0) is 123 Å². The average Bonchev–Trinajstić information content (AvgIpc) is 3.21. The summed E-state index contributed by atoms with van der Waals surface area (Å²) in [5.41, 5.74) is 3.44. The Bertz CT molecular complexity index is 1120. The number of allylic oxidation sites excluding steroid dienone is 1. The summed E-state index contributed by atoms with van der Waals surface area (Å²) in [6.07, 6.45) is 15.5. The summed E-state index contributed by atoms with van der Waals surface area (Å²) in [6.45, 7) is 11.7. The Kier molecular flexibility index (Phi) is 7.99. The lowest BCUT2D eigenvalue weighted by Crippen LogP contribution is -2.50. The van der Waals surface area contributed by atoms with Crippen LogP contribution in [0.1, 0.15) is 104 Å². The molecule has 4 aliphatic carbocycles. The Hall–Kier alpha value is -1.13. The molecule has 0 radical (unpaired) electrons. The van der Waals surface area contributed by atoms with E-state index in [0.717, 1.165) is 54.9 Å². The van der Waals surface area contributed by atoms with Crippen molar-refractivity contribution in [1.82, 2.24) is 0 Å². The largest absolute Gasteiger partial charge is 0.393 e. The minimum absolute atomic E-state index is 0.123. The lowest BCUT2D eigenvalue weighted by molar-refractivity contribution is -0.0573. The maximum Gasteiger partial charge on any atom is 0.178 e. The maximum atomic E-state index is 12.9. The van der Waals surface area contributed by atoms with Crippen LogP contribution in [0, 0.1) is 53.3 Å². The van der Waals surface area contributed by atoms with Crippen LogP contribution in [0.2, 0.25) is 0 Å². The van der Waals surface area contributed by atoms with Crippen LogP contribution in [-0.4, -0.2) is 25.4 Å². The number of sulfone groups is 1. The van der Waals surface area contributed by atoms with Crippen LogP contribution in [0.5, 0.6) is 0 Å². The topological polar surface area (TPSA) is 54.4 Å². The van der Waals surface area contributed by atoms with Gasteiger partial charge in [-0.15, -0.1) is 0 Å². The van der Waals surface area contributed by atoms with Gasteiger partial charge in [0.25, 0.3) is 0 Å². The van der Waals surface area contributed by atoms with Gasteiger partial charge in [-0.25, -0.2) is 8.42 Å². The Morgan fingerprint density at radius 1 is 0.974 bits per heavy atom. The van der Waals surface area contributed by atoms with E-state index in [-0.39, 0.29) is 17.8 Å². The second-order valence-corrected chi connectivity index (χ2v) is 16.5. The third kappa shape index (κ3) is 5.18. The SMILES string of the molecule is Cc1ccc(S(=O)(=O)CC(C)CCC[C@@H](C)[C@H]2CC[C@H]3[C@@H]4CC=C5CC(O)CC[C@]5(C)[C@H]4CC[C@]23C)cc1. The lowest BCUT2D eigenvalue weighted by atomic mass is 9.47. The Balaban J connectivity index is 1.17. The second kappa shape index (κ2) is 10.7.